The van der Waals surface area contributed by atoms with Crippen LogP contribution in [0.1, 0.15) is 42.7 Å². The van der Waals surface area contributed by atoms with Crippen LogP contribution in [0.2, 0.25) is 0 Å². The van der Waals surface area contributed by atoms with Crippen LogP contribution in [0, 0.1) is 6.92 Å². The van der Waals surface area contributed by atoms with Gasteiger partial charge in [-0.05, 0) is 32.6 Å². The molecule has 1 aromatic heterocycles. The lowest BCUT2D eigenvalue weighted by Crippen LogP contribution is -2.50. The van der Waals surface area contributed by atoms with Crippen molar-refractivity contribution < 1.29 is 9.53 Å². The number of nitrogens with zero attached hydrogens (tertiary/aromatic N) is 3. The zero-order valence-electron chi connectivity index (χ0n) is 13.8. The minimum absolute atomic E-state index is 0.0373. The summed E-state index contributed by atoms with van der Waals surface area (Å²) in [5.74, 6) is 0.349. The van der Waals surface area contributed by atoms with Crippen LogP contribution in [0.4, 0.5) is 0 Å². The molecule has 0 radical (unpaired) electrons. The van der Waals surface area contributed by atoms with Crippen LogP contribution in [-0.4, -0.2) is 58.6 Å². The summed E-state index contributed by atoms with van der Waals surface area (Å²) >= 11 is 1.75. The molecule has 0 unspecified atom stereocenters. The van der Waals surface area contributed by atoms with Gasteiger partial charge in [0.1, 0.15) is 0 Å². The number of aromatic nitrogens is 1. The zero-order valence-corrected chi connectivity index (χ0v) is 14.6. The van der Waals surface area contributed by atoms with Crippen molar-refractivity contribution >= 4 is 17.2 Å². The predicted molar refractivity (Wildman–Crippen MR) is 89.4 cm³/mol. The van der Waals surface area contributed by atoms with E-state index in [1.54, 1.807) is 11.3 Å². The molecule has 0 bridgehead atoms. The SMILES string of the molecule is Cc1ncsc1CN1CC[C@@]2(C[C@@H](N3CCCC3=O)CCO2)C1. The van der Waals surface area contributed by atoms with E-state index in [9.17, 15) is 4.79 Å². The predicted octanol–water partition coefficient (Wildman–Crippen LogP) is 2.20. The molecule has 3 aliphatic heterocycles. The molecular weight excluding hydrogens is 310 g/mol. The Kier molecular flexibility index (Phi) is 4.15. The molecule has 3 aliphatic rings. The van der Waals surface area contributed by atoms with Gasteiger partial charge in [0.05, 0.1) is 16.8 Å². The second-order valence-corrected chi connectivity index (χ2v) is 8.13. The standard InChI is InChI=1S/C17H25N3O2S/c1-13-15(23-12-18-13)10-19-7-5-17(11-19)9-14(4-8-22-17)20-6-2-3-16(20)21/h12,14H,2-11H2,1H3/t14-,17+/m0/s1. The van der Waals surface area contributed by atoms with E-state index in [2.05, 4.69) is 21.7 Å². The number of carbonyl (C=O) groups excluding carboxylic acids is 1. The van der Waals surface area contributed by atoms with E-state index >= 15 is 0 Å². The average Bonchev–Trinajstić information content (AvgIpc) is 3.23. The van der Waals surface area contributed by atoms with Crippen LogP contribution in [0.5, 0.6) is 0 Å². The molecule has 1 spiro atoms. The summed E-state index contributed by atoms with van der Waals surface area (Å²) in [4.78, 5) is 22.4. The van der Waals surface area contributed by atoms with Gasteiger partial charge in [-0.25, -0.2) is 4.98 Å². The zero-order chi connectivity index (χ0) is 15.9. The Bertz CT molecular complexity index is 590. The molecule has 6 heteroatoms. The fraction of sp³-hybridized carbons (Fsp3) is 0.765. The van der Waals surface area contributed by atoms with Crippen LogP contribution in [0.3, 0.4) is 0 Å². The van der Waals surface area contributed by atoms with E-state index in [1.165, 1.54) is 4.88 Å². The molecule has 2 atom stereocenters. The summed E-state index contributed by atoms with van der Waals surface area (Å²) in [6.07, 6.45) is 4.86. The molecule has 3 fully saturated rings. The third kappa shape index (κ3) is 3.04. The number of thiazole rings is 1. The van der Waals surface area contributed by atoms with Crippen LogP contribution in [0.15, 0.2) is 5.51 Å². The molecule has 0 aliphatic carbocycles. The summed E-state index contributed by atoms with van der Waals surface area (Å²) in [6.45, 7) is 6.88. The van der Waals surface area contributed by atoms with Gasteiger partial charge in [-0.2, -0.15) is 0 Å². The van der Waals surface area contributed by atoms with Gasteiger partial charge in [0.25, 0.3) is 0 Å². The third-order valence-corrected chi connectivity index (χ3v) is 6.55. The molecule has 1 aromatic rings. The van der Waals surface area contributed by atoms with Crippen molar-refractivity contribution in [1.29, 1.82) is 0 Å². The number of ether oxygens (including phenoxy) is 1. The van der Waals surface area contributed by atoms with Crippen molar-refractivity contribution in [3.05, 3.63) is 16.1 Å². The third-order valence-electron chi connectivity index (χ3n) is 5.63. The van der Waals surface area contributed by atoms with Gasteiger partial charge in [-0.15, -0.1) is 11.3 Å². The van der Waals surface area contributed by atoms with E-state index < -0.39 is 0 Å². The normalized spacial score (nSPS) is 32.3. The van der Waals surface area contributed by atoms with Crippen molar-refractivity contribution in [3.8, 4) is 0 Å². The molecular formula is C17H25N3O2S. The van der Waals surface area contributed by atoms with Crippen molar-refractivity contribution in [2.24, 2.45) is 0 Å². The Labute approximate surface area is 141 Å². The second-order valence-electron chi connectivity index (χ2n) is 7.19. The summed E-state index contributed by atoms with van der Waals surface area (Å²) in [6, 6.07) is 0.392. The first kappa shape index (κ1) is 15.5. The van der Waals surface area contributed by atoms with Gasteiger partial charge in [0.15, 0.2) is 0 Å². The minimum Gasteiger partial charge on any atom is -0.373 e. The lowest BCUT2D eigenvalue weighted by molar-refractivity contribution is -0.137. The largest absolute Gasteiger partial charge is 0.373 e. The molecule has 5 nitrogen and oxygen atoms in total. The van der Waals surface area contributed by atoms with Crippen molar-refractivity contribution in [2.75, 3.05) is 26.2 Å². The Balaban J connectivity index is 1.40. The highest BCUT2D eigenvalue weighted by molar-refractivity contribution is 7.09. The quantitative estimate of drug-likeness (QED) is 0.849. The van der Waals surface area contributed by atoms with Crippen molar-refractivity contribution in [2.45, 2.75) is 57.2 Å². The van der Waals surface area contributed by atoms with Gasteiger partial charge < -0.3 is 9.64 Å². The monoisotopic (exact) mass is 335 g/mol. The molecule has 126 valence electrons. The smallest absolute Gasteiger partial charge is 0.222 e. The molecule has 23 heavy (non-hydrogen) atoms. The first-order valence-corrected chi connectivity index (χ1v) is 9.58. The molecule has 3 saturated heterocycles. The Morgan fingerprint density at radius 2 is 2.39 bits per heavy atom. The van der Waals surface area contributed by atoms with Gasteiger partial charge in [0, 0.05) is 50.1 Å². The summed E-state index contributed by atoms with van der Waals surface area (Å²) in [5.41, 5.74) is 3.05. The fourth-order valence-electron chi connectivity index (χ4n) is 4.35. The lowest BCUT2D eigenvalue weighted by atomic mass is 9.89. The van der Waals surface area contributed by atoms with Crippen molar-refractivity contribution in [1.82, 2.24) is 14.8 Å². The molecule has 4 heterocycles. The highest BCUT2D eigenvalue weighted by Crippen LogP contribution is 2.37. The van der Waals surface area contributed by atoms with Crippen molar-refractivity contribution in [3.63, 3.8) is 0 Å². The maximum Gasteiger partial charge on any atom is 0.222 e. The van der Waals surface area contributed by atoms with E-state index in [0.717, 1.165) is 70.6 Å². The molecule has 0 aromatic carbocycles. The average molecular weight is 335 g/mol. The second kappa shape index (κ2) is 6.15. The van der Waals surface area contributed by atoms with Gasteiger partial charge in [-0.1, -0.05) is 0 Å². The first-order valence-electron chi connectivity index (χ1n) is 8.70. The number of rotatable bonds is 3. The number of carbonyl (C=O) groups is 1. The number of hydrogen-bond donors (Lipinski definition) is 0. The number of likely N-dealkylation sites (tertiary alicyclic amines) is 2. The van der Waals surface area contributed by atoms with E-state index in [0.29, 0.717) is 11.9 Å². The number of hydrogen-bond acceptors (Lipinski definition) is 5. The molecule has 4 rings (SSSR count). The first-order chi connectivity index (χ1) is 11.2. The minimum atomic E-state index is -0.0373. The Hall–Kier alpha value is -0.980. The van der Waals surface area contributed by atoms with Gasteiger partial charge >= 0.3 is 0 Å². The summed E-state index contributed by atoms with van der Waals surface area (Å²) < 4.78 is 6.24. The van der Waals surface area contributed by atoms with E-state index in [4.69, 9.17) is 4.74 Å². The highest BCUT2D eigenvalue weighted by atomic mass is 32.1. The van der Waals surface area contributed by atoms with Crippen LogP contribution in [0.25, 0.3) is 0 Å². The van der Waals surface area contributed by atoms with Gasteiger partial charge in [0.2, 0.25) is 5.91 Å². The maximum atomic E-state index is 12.1. The van der Waals surface area contributed by atoms with Gasteiger partial charge in [-0.3, -0.25) is 9.69 Å². The van der Waals surface area contributed by atoms with E-state index in [-0.39, 0.29) is 5.60 Å². The molecule has 0 saturated carbocycles. The molecule has 1 amide bonds. The Morgan fingerprint density at radius 3 is 3.13 bits per heavy atom. The fourth-order valence-corrected chi connectivity index (χ4v) is 5.17. The molecule has 0 N–H and O–H groups in total. The lowest BCUT2D eigenvalue weighted by Gasteiger charge is -2.41. The van der Waals surface area contributed by atoms with Crippen LogP contribution in [-0.2, 0) is 16.1 Å². The number of aryl methyl sites for hydroxylation is 1. The van der Waals surface area contributed by atoms with Crippen LogP contribution < -0.4 is 0 Å². The Morgan fingerprint density at radius 1 is 1.48 bits per heavy atom. The highest BCUT2D eigenvalue weighted by Gasteiger charge is 2.45. The summed E-state index contributed by atoms with van der Waals surface area (Å²) in [5, 5.41) is 0. The maximum absolute atomic E-state index is 12.1. The van der Waals surface area contributed by atoms with Crippen LogP contribution >= 0.6 is 11.3 Å². The van der Waals surface area contributed by atoms with E-state index in [1.807, 2.05) is 5.51 Å². The number of amides is 1. The topological polar surface area (TPSA) is 45.7 Å². The summed E-state index contributed by atoms with van der Waals surface area (Å²) in [7, 11) is 0.